The fraction of sp³-hybridized carbons (Fsp3) is 0.231. The van der Waals surface area contributed by atoms with E-state index in [-0.39, 0.29) is 5.69 Å². The smallest absolute Gasteiger partial charge is 0.272 e. The zero-order valence-electron chi connectivity index (χ0n) is 10.3. The van der Waals surface area contributed by atoms with E-state index in [2.05, 4.69) is 0 Å². The fourth-order valence-electron chi connectivity index (χ4n) is 2.01. The van der Waals surface area contributed by atoms with Gasteiger partial charge in [0, 0.05) is 24.5 Å². The number of aromatic nitrogens is 1. The minimum absolute atomic E-state index is 0.234. The van der Waals surface area contributed by atoms with Crippen LogP contribution in [-0.2, 0) is 13.0 Å². The largest absolute Gasteiger partial charge is 0.347 e. The Bertz CT molecular complexity index is 595. The Hall–Kier alpha value is -2.21. The Morgan fingerprint density at radius 3 is 2.84 bits per heavy atom. The van der Waals surface area contributed by atoms with Gasteiger partial charge in [0.25, 0.3) is 5.69 Å². The predicted molar refractivity (Wildman–Crippen MR) is 69.3 cm³/mol. The van der Waals surface area contributed by atoms with E-state index in [0.717, 1.165) is 11.8 Å². The molecule has 0 fully saturated rings. The summed E-state index contributed by atoms with van der Waals surface area (Å²) in [5, 5.41) is 10.7. The Kier molecular flexibility index (Phi) is 3.91. The van der Waals surface area contributed by atoms with Crippen molar-refractivity contribution in [1.82, 2.24) is 4.57 Å². The Balaban J connectivity index is 2.27. The molecule has 100 valence electrons. The first-order valence-electron chi connectivity index (χ1n) is 5.88. The van der Waals surface area contributed by atoms with Gasteiger partial charge in [0.05, 0.1) is 11.0 Å². The van der Waals surface area contributed by atoms with Crippen molar-refractivity contribution in [2.24, 2.45) is 5.73 Å². The minimum Gasteiger partial charge on any atom is -0.347 e. The molecule has 6 heteroatoms. The van der Waals surface area contributed by atoms with Crippen LogP contribution in [0.5, 0.6) is 0 Å². The van der Waals surface area contributed by atoms with Gasteiger partial charge in [0.1, 0.15) is 5.82 Å². The lowest BCUT2D eigenvalue weighted by atomic mass is 10.2. The zero-order valence-corrected chi connectivity index (χ0v) is 10.3. The number of non-ortho nitro benzene ring substituents is 1. The molecule has 1 aromatic carbocycles. The molecule has 0 radical (unpaired) electrons. The molecule has 1 heterocycles. The molecule has 1 aromatic heterocycles. The van der Waals surface area contributed by atoms with Crippen LogP contribution in [0.4, 0.5) is 10.1 Å². The molecule has 5 nitrogen and oxygen atoms in total. The molecule has 0 spiro atoms. The molecule has 0 amide bonds. The standard InChI is InChI=1S/C13H14FN3O2/c14-11-6-10(7-13(8-11)17(18)19)9-16-5-1-2-12(16)3-4-15/h1-2,5-8H,3-4,9,15H2. The third-order valence-electron chi connectivity index (χ3n) is 2.83. The van der Waals surface area contributed by atoms with Gasteiger partial charge in [-0.2, -0.15) is 0 Å². The molecule has 0 unspecified atom stereocenters. The number of hydrogen-bond donors (Lipinski definition) is 1. The van der Waals surface area contributed by atoms with Crippen molar-refractivity contribution in [3.05, 3.63) is 63.7 Å². The second-order valence-corrected chi connectivity index (χ2v) is 4.24. The summed E-state index contributed by atoms with van der Waals surface area (Å²) in [5.74, 6) is -0.600. The summed E-state index contributed by atoms with van der Waals surface area (Å²) >= 11 is 0. The zero-order chi connectivity index (χ0) is 13.8. The third kappa shape index (κ3) is 3.17. The van der Waals surface area contributed by atoms with Crippen molar-refractivity contribution in [3.8, 4) is 0 Å². The number of nitro groups is 1. The summed E-state index contributed by atoms with van der Waals surface area (Å²) in [6.45, 7) is 0.911. The first-order valence-corrected chi connectivity index (χ1v) is 5.88. The van der Waals surface area contributed by atoms with Crippen molar-refractivity contribution in [2.75, 3.05) is 6.54 Å². The highest BCUT2D eigenvalue weighted by Gasteiger charge is 2.10. The molecule has 2 N–H and O–H groups in total. The number of benzene rings is 1. The number of nitrogens with zero attached hydrogens (tertiary/aromatic N) is 2. The van der Waals surface area contributed by atoms with E-state index in [4.69, 9.17) is 5.73 Å². The predicted octanol–water partition coefficient (Wildman–Crippen LogP) is 2.08. The molecule has 0 aliphatic carbocycles. The monoisotopic (exact) mass is 263 g/mol. The van der Waals surface area contributed by atoms with Crippen molar-refractivity contribution in [2.45, 2.75) is 13.0 Å². The molecule has 0 aliphatic rings. The maximum absolute atomic E-state index is 13.3. The number of nitro benzene ring substituents is 1. The third-order valence-corrected chi connectivity index (χ3v) is 2.83. The molecular formula is C13H14FN3O2. The normalized spacial score (nSPS) is 10.6. The van der Waals surface area contributed by atoms with Gasteiger partial charge < -0.3 is 10.3 Å². The molecule has 2 aromatic rings. The average Bonchev–Trinajstić information content (AvgIpc) is 2.76. The SMILES string of the molecule is NCCc1cccn1Cc1cc(F)cc([N+](=O)[O-])c1. The first-order chi connectivity index (χ1) is 9.10. The first kappa shape index (κ1) is 13.2. The van der Waals surface area contributed by atoms with Crippen LogP contribution in [-0.4, -0.2) is 16.0 Å². The van der Waals surface area contributed by atoms with Crippen LogP contribution in [0.1, 0.15) is 11.3 Å². The van der Waals surface area contributed by atoms with Gasteiger partial charge in [0.15, 0.2) is 0 Å². The van der Waals surface area contributed by atoms with Crippen LogP contribution in [0, 0.1) is 15.9 Å². The average molecular weight is 263 g/mol. The van der Waals surface area contributed by atoms with Gasteiger partial charge >= 0.3 is 0 Å². The summed E-state index contributed by atoms with van der Waals surface area (Å²) in [5.41, 5.74) is 6.85. The lowest BCUT2D eigenvalue weighted by Crippen LogP contribution is -2.09. The van der Waals surface area contributed by atoms with Crippen LogP contribution >= 0.6 is 0 Å². The molecule has 19 heavy (non-hydrogen) atoms. The van der Waals surface area contributed by atoms with Crippen molar-refractivity contribution >= 4 is 5.69 Å². The van der Waals surface area contributed by atoms with Crippen LogP contribution in [0.3, 0.4) is 0 Å². The number of rotatable bonds is 5. The summed E-state index contributed by atoms with van der Waals surface area (Å²) in [6, 6.07) is 7.41. The van der Waals surface area contributed by atoms with E-state index < -0.39 is 10.7 Å². The second-order valence-electron chi connectivity index (χ2n) is 4.24. The lowest BCUT2D eigenvalue weighted by Gasteiger charge is -2.08. The van der Waals surface area contributed by atoms with Crippen LogP contribution in [0.2, 0.25) is 0 Å². The molecule has 0 aliphatic heterocycles. The Morgan fingerprint density at radius 1 is 1.37 bits per heavy atom. The van der Waals surface area contributed by atoms with Crippen LogP contribution in [0.25, 0.3) is 0 Å². The van der Waals surface area contributed by atoms with Gasteiger partial charge in [-0.25, -0.2) is 4.39 Å². The van der Waals surface area contributed by atoms with E-state index in [0.29, 0.717) is 25.1 Å². The van der Waals surface area contributed by atoms with Crippen molar-refractivity contribution in [1.29, 1.82) is 0 Å². The maximum atomic E-state index is 13.3. The lowest BCUT2D eigenvalue weighted by molar-refractivity contribution is -0.385. The van der Waals surface area contributed by atoms with E-state index in [1.165, 1.54) is 12.1 Å². The highest BCUT2D eigenvalue weighted by molar-refractivity contribution is 5.35. The molecule has 0 saturated carbocycles. The minimum atomic E-state index is -0.600. The molecule has 2 rings (SSSR count). The molecule has 0 bridgehead atoms. The van der Waals surface area contributed by atoms with Gasteiger partial charge in [-0.15, -0.1) is 0 Å². The quantitative estimate of drug-likeness (QED) is 0.663. The molecular weight excluding hydrogens is 249 g/mol. The topological polar surface area (TPSA) is 74.1 Å². The van der Waals surface area contributed by atoms with Gasteiger partial charge in [0.2, 0.25) is 0 Å². The summed E-state index contributed by atoms with van der Waals surface area (Å²) < 4.78 is 15.2. The second kappa shape index (κ2) is 5.62. The van der Waals surface area contributed by atoms with E-state index in [1.54, 1.807) is 0 Å². The van der Waals surface area contributed by atoms with Crippen molar-refractivity contribution < 1.29 is 9.31 Å². The molecule has 0 atom stereocenters. The van der Waals surface area contributed by atoms with Gasteiger partial charge in [-0.05, 0) is 36.7 Å². The van der Waals surface area contributed by atoms with E-state index >= 15 is 0 Å². The summed E-state index contributed by atoms with van der Waals surface area (Å²) in [6.07, 6.45) is 2.56. The maximum Gasteiger partial charge on any atom is 0.272 e. The van der Waals surface area contributed by atoms with Crippen molar-refractivity contribution in [3.63, 3.8) is 0 Å². The van der Waals surface area contributed by atoms with E-state index in [9.17, 15) is 14.5 Å². The Labute approximate surface area is 109 Å². The number of hydrogen-bond acceptors (Lipinski definition) is 3. The summed E-state index contributed by atoms with van der Waals surface area (Å²) in [4.78, 5) is 10.1. The highest BCUT2D eigenvalue weighted by Crippen LogP contribution is 2.18. The summed E-state index contributed by atoms with van der Waals surface area (Å²) in [7, 11) is 0. The fourth-order valence-corrected chi connectivity index (χ4v) is 2.01. The molecule has 0 saturated heterocycles. The Morgan fingerprint density at radius 2 is 2.16 bits per heavy atom. The number of halogens is 1. The van der Waals surface area contributed by atoms with Crippen LogP contribution in [0.15, 0.2) is 36.5 Å². The van der Waals surface area contributed by atoms with Gasteiger partial charge in [-0.1, -0.05) is 0 Å². The highest BCUT2D eigenvalue weighted by atomic mass is 19.1. The van der Waals surface area contributed by atoms with Crippen LogP contribution < -0.4 is 5.73 Å². The van der Waals surface area contributed by atoms with Gasteiger partial charge in [-0.3, -0.25) is 10.1 Å². The van der Waals surface area contributed by atoms with E-state index in [1.807, 2.05) is 22.9 Å². The number of nitrogens with two attached hydrogens (primary N) is 1.